The van der Waals surface area contributed by atoms with Gasteiger partial charge in [-0.15, -0.1) is 13.2 Å². The molecule has 0 aliphatic rings. The molecule has 2 rings (SSSR count). The van der Waals surface area contributed by atoms with Crippen molar-refractivity contribution in [1.82, 2.24) is 9.97 Å². The van der Waals surface area contributed by atoms with Crippen molar-refractivity contribution in [2.75, 3.05) is 0 Å². The first kappa shape index (κ1) is 13.8. The molecule has 0 fully saturated rings. The Balaban J connectivity index is 2.37. The maximum Gasteiger partial charge on any atom is 0.573 e. The third kappa shape index (κ3) is 3.92. The van der Waals surface area contributed by atoms with E-state index in [1.54, 1.807) is 19.1 Å². The molecule has 0 N–H and O–H groups in total. The lowest BCUT2D eigenvalue weighted by atomic mass is 10.1. The van der Waals surface area contributed by atoms with Gasteiger partial charge in [-0.3, -0.25) is 0 Å². The first-order valence-corrected chi connectivity index (χ1v) is 6.00. The lowest BCUT2D eigenvalue weighted by Gasteiger charge is -2.10. The van der Waals surface area contributed by atoms with Gasteiger partial charge in [0.1, 0.15) is 16.2 Å². The minimum Gasteiger partial charge on any atom is -0.406 e. The van der Waals surface area contributed by atoms with Gasteiger partial charge in [-0.1, -0.05) is 12.1 Å². The number of alkyl halides is 3. The average molecular weight is 333 g/mol. The summed E-state index contributed by atoms with van der Waals surface area (Å²) in [6.07, 6.45) is -4.71. The number of aromatic nitrogens is 2. The molecule has 19 heavy (non-hydrogen) atoms. The van der Waals surface area contributed by atoms with Crippen LogP contribution in [0.5, 0.6) is 5.75 Å². The lowest BCUT2D eigenvalue weighted by molar-refractivity contribution is -0.274. The van der Waals surface area contributed by atoms with Gasteiger partial charge < -0.3 is 4.74 Å². The third-order valence-corrected chi connectivity index (χ3v) is 2.58. The summed E-state index contributed by atoms with van der Waals surface area (Å²) in [6, 6.07) is 7.26. The maximum atomic E-state index is 12.1. The van der Waals surface area contributed by atoms with E-state index in [9.17, 15) is 13.2 Å². The van der Waals surface area contributed by atoms with E-state index in [1.807, 2.05) is 0 Å². The smallest absolute Gasteiger partial charge is 0.406 e. The molecule has 0 spiro atoms. The van der Waals surface area contributed by atoms with Gasteiger partial charge in [0, 0.05) is 5.56 Å². The Kier molecular flexibility index (Phi) is 3.75. The lowest BCUT2D eigenvalue weighted by Crippen LogP contribution is -2.17. The number of hydrogen-bond donors (Lipinski definition) is 0. The minimum absolute atomic E-state index is 0.280. The molecule has 1 aromatic carbocycles. The Hall–Kier alpha value is -1.63. The zero-order valence-corrected chi connectivity index (χ0v) is 11.3. The highest BCUT2D eigenvalue weighted by Gasteiger charge is 2.31. The number of rotatable bonds is 2. The van der Waals surface area contributed by atoms with Crippen LogP contribution in [0.4, 0.5) is 13.2 Å². The van der Waals surface area contributed by atoms with Crippen LogP contribution in [0, 0.1) is 6.92 Å². The summed E-state index contributed by atoms with van der Waals surface area (Å²) in [6.45, 7) is 1.70. The minimum atomic E-state index is -4.71. The number of nitrogens with zero attached hydrogens (tertiary/aromatic N) is 2. The Labute approximate surface area is 115 Å². The van der Waals surface area contributed by atoms with Crippen molar-refractivity contribution in [2.24, 2.45) is 0 Å². The average Bonchev–Trinajstić information content (AvgIpc) is 2.25. The van der Waals surface area contributed by atoms with Crippen molar-refractivity contribution in [2.45, 2.75) is 13.3 Å². The predicted octanol–water partition coefficient (Wildman–Crippen LogP) is 4.11. The fourth-order valence-corrected chi connectivity index (χ4v) is 2.01. The van der Waals surface area contributed by atoms with Crippen LogP contribution in [0.3, 0.4) is 0 Å². The Morgan fingerprint density at radius 1 is 1.16 bits per heavy atom. The van der Waals surface area contributed by atoms with E-state index in [1.165, 1.54) is 18.2 Å². The number of halogens is 4. The van der Waals surface area contributed by atoms with Crippen molar-refractivity contribution in [1.29, 1.82) is 0 Å². The van der Waals surface area contributed by atoms with E-state index >= 15 is 0 Å². The van der Waals surface area contributed by atoms with E-state index < -0.39 is 6.36 Å². The maximum absolute atomic E-state index is 12.1. The number of aryl methyl sites for hydroxylation is 1. The van der Waals surface area contributed by atoms with Gasteiger partial charge in [-0.25, -0.2) is 9.97 Å². The highest BCUT2D eigenvalue weighted by molar-refractivity contribution is 9.10. The van der Waals surface area contributed by atoms with Gasteiger partial charge >= 0.3 is 6.36 Å². The van der Waals surface area contributed by atoms with Gasteiger partial charge in [0.2, 0.25) is 0 Å². The van der Waals surface area contributed by atoms with Crippen molar-refractivity contribution in [3.05, 3.63) is 40.8 Å². The van der Waals surface area contributed by atoms with Gasteiger partial charge in [0.15, 0.2) is 0 Å². The van der Waals surface area contributed by atoms with Crippen LogP contribution in [-0.4, -0.2) is 16.3 Å². The molecule has 2 aromatic rings. The Morgan fingerprint density at radius 3 is 2.53 bits per heavy atom. The zero-order valence-electron chi connectivity index (χ0n) is 9.70. The van der Waals surface area contributed by atoms with E-state index in [-0.39, 0.29) is 5.75 Å². The predicted molar refractivity (Wildman–Crippen MR) is 66.6 cm³/mol. The van der Waals surface area contributed by atoms with Crippen LogP contribution in [0.15, 0.2) is 34.9 Å². The molecule has 0 aliphatic heterocycles. The molecular formula is C12H8BrF3N2O. The number of hydrogen-bond acceptors (Lipinski definition) is 3. The molecule has 0 aliphatic carbocycles. The molecule has 0 unspecified atom stereocenters. The molecule has 3 nitrogen and oxygen atoms in total. The fourth-order valence-electron chi connectivity index (χ4n) is 1.53. The summed E-state index contributed by atoms with van der Waals surface area (Å²) in [4.78, 5) is 8.20. The largest absolute Gasteiger partial charge is 0.573 e. The molecule has 100 valence electrons. The quantitative estimate of drug-likeness (QED) is 0.776. The summed E-state index contributed by atoms with van der Waals surface area (Å²) in [7, 11) is 0. The molecule has 1 heterocycles. The molecular weight excluding hydrogens is 325 g/mol. The van der Waals surface area contributed by atoms with Crippen molar-refractivity contribution < 1.29 is 17.9 Å². The monoisotopic (exact) mass is 332 g/mol. The molecule has 0 bridgehead atoms. The molecule has 0 atom stereocenters. The highest BCUT2D eigenvalue weighted by atomic mass is 79.9. The van der Waals surface area contributed by atoms with Crippen molar-refractivity contribution >= 4 is 15.9 Å². The first-order chi connectivity index (χ1) is 8.83. The topological polar surface area (TPSA) is 35.0 Å². The van der Waals surface area contributed by atoms with Gasteiger partial charge in [-0.2, -0.15) is 0 Å². The van der Waals surface area contributed by atoms with Crippen LogP contribution < -0.4 is 4.74 Å². The second-order valence-corrected chi connectivity index (χ2v) is 4.51. The van der Waals surface area contributed by atoms with E-state index in [0.29, 0.717) is 21.7 Å². The van der Waals surface area contributed by atoms with Crippen LogP contribution in [0.25, 0.3) is 11.3 Å². The second kappa shape index (κ2) is 5.16. The second-order valence-electron chi connectivity index (χ2n) is 3.70. The highest BCUT2D eigenvalue weighted by Crippen LogP contribution is 2.27. The summed E-state index contributed by atoms with van der Waals surface area (Å²) < 4.78 is 40.9. The zero-order chi connectivity index (χ0) is 14.0. The molecule has 0 radical (unpaired) electrons. The van der Waals surface area contributed by atoms with Crippen molar-refractivity contribution in [3.8, 4) is 17.0 Å². The number of benzene rings is 1. The molecule has 7 heteroatoms. The van der Waals surface area contributed by atoms with Crippen molar-refractivity contribution in [3.63, 3.8) is 0 Å². The summed E-state index contributed by atoms with van der Waals surface area (Å²) in [5.41, 5.74) is 1.04. The SMILES string of the molecule is Cc1nc(Br)cc(-c2cccc(OC(F)(F)F)c2)n1. The number of ether oxygens (including phenoxy) is 1. The van der Waals surface area contributed by atoms with Crippen LogP contribution in [-0.2, 0) is 0 Å². The van der Waals surface area contributed by atoms with E-state index in [0.717, 1.165) is 0 Å². The molecule has 0 saturated carbocycles. The van der Waals surface area contributed by atoms with Crippen LogP contribution in [0.1, 0.15) is 5.82 Å². The van der Waals surface area contributed by atoms with Gasteiger partial charge in [0.25, 0.3) is 0 Å². The first-order valence-electron chi connectivity index (χ1n) is 5.21. The summed E-state index contributed by atoms with van der Waals surface area (Å²) in [5, 5.41) is 0. The van der Waals surface area contributed by atoms with Gasteiger partial charge in [-0.05, 0) is 41.1 Å². The molecule has 0 amide bonds. The van der Waals surface area contributed by atoms with E-state index in [2.05, 4.69) is 30.6 Å². The standard InChI is InChI=1S/C12H8BrF3N2O/c1-7-17-10(6-11(13)18-7)8-3-2-4-9(5-8)19-12(14,15)16/h2-6H,1H3. The van der Waals surface area contributed by atoms with Crippen LogP contribution >= 0.6 is 15.9 Å². The molecule has 1 aromatic heterocycles. The normalized spacial score (nSPS) is 11.4. The summed E-state index contributed by atoms with van der Waals surface area (Å²) in [5.74, 6) is 0.240. The van der Waals surface area contributed by atoms with Crippen LogP contribution in [0.2, 0.25) is 0 Å². The van der Waals surface area contributed by atoms with Gasteiger partial charge in [0.05, 0.1) is 5.69 Å². The fraction of sp³-hybridized carbons (Fsp3) is 0.167. The summed E-state index contributed by atoms with van der Waals surface area (Å²) >= 11 is 3.22. The Bertz CT molecular complexity index is 582. The molecule has 0 saturated heterocycles. The van der Waals surface area contributed by atoms with E-state index in [4.69, 9.17) is 0 Å². The third-order valence-electron chi connectivity index (χ3n) is 2.17. The Morgan fingerprint density at radius 2 is 1.89 bits per heavy atom.